The average Bonchev–Trinajstić information content (AvgIpc) is 1.52. The van der Waals surface area contributed by atoms with E-state index in [1.54, 1.807) is 0 Å². The predicted molar refractivity (Wildman–Crippen MR) is 539 cm³/mol. The fourth-order valence-corrected chi connectivity index (χ4v) is 21.2. The Balaban J connectivity index is 0.950. The topological polar surface area (TPSA) is 16.3 Å². The van der Waals surface area contributed by atoms with Crippen molar-refractivity contribution in [2.24, 2.45) is 0 Å². The fraction of sp³-hybridized carbons (Fsp3) is 0.207. The summed E-state index contributed by atoms with van der Waals surface area (Å²) in [4.78, 5) is 5.27. The lowest BCUT2D eigenvalue weighted by molar-refractivity contribution is 0.590. The quantitative estimate of drug-likeness (QED) is 0.141. The van der Waals surface area contributed by atoms with Crippen molar-refractivity contribution < 1.29 is 11.0 Å². The Bertz CT molecular complexity index is 7820. The molecule has 1 spiro atoms. The zero-order chi connectivity index (χ0) is 93.9. The molecule has 4 aliphatic rings. The summed E-state index contributed by atoms with van der Waals surface area (Å²) in [5, 5.41) is 4.67. The van der Waals surface area contributed by atoms with Crippen molar-refractivity contribution in [1.82, 2.24) is 9.13 Å². The second kappa shape index (κ2) is 27.9. The standard InChI is InChI=1S/C121H109BN4/c1-115(2,3)78-52-60-103(93(64-78)74-35-22-19-23-36-74)125-109-71-84(123-104-61-53-79(116(4,5)6)65-96(104)97-66-80(117(7,8)9)54-62-105(97)123)55-58-101(109)122-102-63-77(86-44-34-45-92-89-43-30-33-48-100(89)121(112(86)92)98-46-31-28-41-87(98)88-42-29-32-47-99(88)121)49-59-106(102)126(114-94(75-37-24-20-25-38-75)67-83(120(16,17)18)68-95(114)76-39-26-21-27-40-76)111-73-85(72-110(125)113(111)122)124-107-69-81(118(10,11)12)50-56-90(107)91-57-51-82(70-108(91)124)119(13,14)15/h19-73H,1-18H3/i28D,29D,31D,32D,41D,42D,46D,47D. The van der Waals surface area contributed by atoms with Crippen LogP contribution >= 0.6 is 0 Å². The highest BCUT2D eigenvalue weighted by Gasteiger charge is 2.54. The van der Waals surface area contributed by atoms with E-state index in [0.29, 0.717) is 11.1 Å². The number of nitrogens with zero attached hydrogens (tertiary/aromatic N) is 4. The van der Waals surface area contributed by atoms with E-state index in [2.05, 4.69) is 410 Å². The molecule has 4 heterocycles. The van der Waals surface area contributed by atoms with Gasteiger partial charge in [-0.25, -0.2) is 0 Å². The lowest BCUT2D eigenvalue weighted by Crippen LogP contribution is -2.61. The molecule has 2 aromatic heterocycles. The van der Waals surface area contributed by atoms with E-state index >= 15 is 0 Å². The number of aromatic nitrogens is 2. The number of anilines is 6. The van der Waals surface area contributed by atoms with E-state index < -0.39 is 36.3 Å². The Labute approximate surface area is 755 Å². The minimum atomic E-state index is -1.71. The molecule has 0 fully saturated rings. The lowest BCUT2D eigenvalue weighted by atomic mass is 9.33. The van der Waals surface area contributed by atoms with Crippen molar-refractivity contribution in [3.8, 4) is 78.1 Å². The number of rotatable bonds is 8. The first-order valence-electron chi connectivity index (χ1n) is 48.8. The summed E-state index contributed by atoms with van der Waals surface area (Å²) in [6.07, 6.45) is 0. The van der Waals surface area contributed by atoms with Crippen LogP contribution in [0.4, 0.5) is 34.1 Å². The van der Waals surface area contributed by atoms with Gasteiger partial charge in [0.1, 0.15) is 0 Å². The van der Waals surface area contributed by atoms with Gasteiger partial charge in [-0.1, -0.05) is 367 Å². The van der Waals surface area contributed by atoms with Crippen molar-refractivity contribution in [3.63, 3.8) is 0 Å². The average molecular weight is 1640 g/mol. The van der Waals surface area contributed by atoms with Gasteiger partial charge >= 0.3 is 0 Å². The first-order chi connectivity index (χ1) is 63.6. The normalized spacial score (nSPS) is 14.9. The van der Waals surface area contributed by atoms with Crippen LogP contribution in [0.1, 0.15) is 191 Å². The molecule has 0 radical (unpaired) electrons. The first kappa shape index (κ1) is 70.1. The second-order valence-corrected chi connectivity index (χ2v) is 41.9. The van der Waals surface area contributed by atoms with E-state index in [-0.39, 0.29) is 78.9 Å². The molecule has 0 amide bonds. The largest absolute Gasteiger partial charge is 0.311 e. The lowest BCUT2D eigenvalue weighted by Gasteiger charge is -2.46. The fourth-order valence-electron chi connectivity index (χ4n) is 21.2. The molecular weight excluding hydrogens is 1520 g/mol. The molecule has 616 valence electrons. The molecule has 2 aliphatic carbocycles. The maximum absolute atomic E-state index is 10.4. The van der Waals surface area contributed by atoms with Crippen LogP contribution < -0.4 is 26.2 Å². The van der Waals surface area contributed by atoms with Gasteiger partial charge in [0.05, 0.1) is 55.5 Å². The van der Waals surface area contributed by atoms with E-state index in [1.165, 1.54) is 44.2 Å². The number of hydrogen-bond donors (Lipinski definition) is 0. The molecule has 16 aromatic carbocycles. The molecule has 18 aromatic rings. The van der Waals surface area contributed by atoms with Crippen molar-refractivity contribution in [1.29, 1.82) is 0 Å². The summed E-state index contributed by atoms with van der Waals surface area (Å²) in [7, 11) is 0. The van der Waals surface area contributed by atoms with E-state index in [4.69, 9.17) is 0 Å². The van der Waals surface area contributed by atoms with Gasteiger partial charge in [0.25, 0.3) is 6.71 Å². The molecule has 4 nitrogen and oxygen atoms in total. The van der Waals surface area contributed by atoms with Gasteiger partial charge in [0.2, 0.25) is 0 Å². The highest BCUT2D eigenvalue weighted by Crippen LogP contribution is 2.65. The minimum absolute atomic E-state index is 0.0718. The molecule has 22 rings (SSSR count). The summed E-state index contributed by atoms with van der Waals surface area (Å²) in [6.45, 7) is 41.0. The summed E-state index contributed by atoms with van der Waals surface area (Å²) in [5.41, 5.74) is 30.8. The summed E-state index contributed by atoms with van der Waals surface area (Å²) in [6, 6.07) is 104. The maximum atomic E-state index is 10.4. The molecule has 0 bridgehead atoms. The van der Waals surface area contributed by atoms with Gasteiger partial charge in [-0.2, -0.15) is 0 Å². The third-order valence-electron chi connectivity index (χ3n) is 27.9. The molecule has 2 aliphatic heterocycles. The van der Waals surface area contributed by atoms with Gasteiger partial charge < -0.3 is 18.9 Å². The Morgan fingerprint density at radius 3 is 1.22 bits per heavy atom. The SMILES string of the molecule is [2H]c1c([2H])c([2H])c2c(c1[2H])-c1c([2H])c([2H])c([2H])c([2H])c1C21c2ccccc2-c2cccc(-c3ccc4c(c3)B3c5ccc(-n6c7ccc(C(C)(C)C)cc7c7cc(C(C)(C)C)ccc76)cc5N(c5ccc(C(C)(C)C)cc5-c5ccccc5)c5cc(-n6c7cc(C(C)(C)C)ccc7c7ccc(C(C)(C)C)cc76)cc(c53)N4c3c(-c4ccccc4)cc(C(C)(C)C)cc3-c3ccccc3)c21. The zero-order valence-corrected chi connectivity index (χ0v) is 75.5. The van der Waals surface area contributed by atoms with Crippen LogP contribution in [0.3, 0.4) is 0 Å². The first-order valence-corrected chi connectivity index (χ1v) is 44.8. The Morgan fingerprint density at radius 2 is 0.683 bits per heavy atom. The van der Waals surface area contributed by atoms with Crippen LogP contribution in [0.15, 0.2) is 333 Å². The molecular formula is C121H109BN4. The highest BCUT2D eigenvalue weighted by atomic mass is 15.2. The van der Waals surface area contributed by atoms with Crippen LogP contribution in [-0.4, -0.2) is 15.8 Å². The second-order valence-electron chi connectivity index (χ2n) is 41.9. The molecule has 0 N–H and O–H groups in total. The van der Waals surface area contributed by atoms with Crippen molar-refractivity contribution >= 4 is 101 Å². The number of benzene rings is 16. The Hall–Kier alpha value is -13.2. The molecule has 0 atom stereocenters. The minimum Gasteiger partial charge on any atom is -0.311 e. The van der Waals surface area contributed by atoms with E-state index in [1.807, 2.05) is 18.2 Å². The van der Waals surface area contributed by atoms with Crippen LogP contribution in [0.25, 0.3) is 122 Å². The zero-order valence-electron chi connectivity index (χ0n) is 83.5. The van der Waals surface area contributed by atoms with Crippen molar-refractivity contribution in [3.05, 3.63) is 389 Å². The predicted octanol–water partition coefficient (Wildman–Crippen LogP) is 30.8. The van der Waals surface area contributed by atoms with Crippen molar-refractivity contribution in [2.75, 3.05) is 9.80 Å². The van der Waals surface area contributed by atoms with Gasteiger partial charge in [0.15, 0.2) is 0 Å². The van der Waals surface area contributed by atoms with Gasteiger partial charge in [-0.05, 0) is 246 Å². The summed E-state index contributed by atoms with van der Waals surface area (Å²) in [5.74, 6) is 0. The highest BCUT2D eigenvalue weighted by molar-refractivity contribution is 7.00. The molecule has 0 unspecified atom stereocenters. The van der Waals surface area contributed by atoms with Crippen LogP contribution in [0.5, 0.6) is 0 Å². The van der Waals surface area contributed by atoms with Gasteiger partial charge in [-0.3, -0.25) is 0 Å². The molecule has 0 saturated carbocycles. The van der Waals surface area contributed by atoms with Crippen LogP contribution in [-0.2, 0) is 37.9 Å². The Morgan fingerprint density at radius 1 is 0.254 bits per heavy atom. The molecule has 126 heavy (non-hydrogen) atoms. The van der Waals surface area contributed by atoms with Gasteiger partial charge in [-0.15, -0.1) is 0 Å². The van der Waals surface area contributed by atoms with E-state index in [9.17, 15) is 11.0 Å². The van der Waals surface area contributed by atoms with Gasteiger partial charge in [0, 0.05) is 66.7 Å². The van der Waals surface area contributed by atoms with E-state index in [0.717, 1.165) is 150 Å². The smallest absolute Gasteiger partial charge is 0.252 e. The number of fused-ring (bicyclic) bond motifs is 20. The maximum Gasteiger partial charge on any atom is 0.252 e. The van der Waals surface area contributed by atoms with Crippen LogP contribution in [0, 0.1) is 0 Å². The third-order valence-corrected chi connectivity index (χ3v) is 27.9. The third kappa shape index (κ3) is 12.1. The Kier molecular flexibility index (Phi) is 15.5. The van der Waals surface area contributed by atoms with Crippen molar-refractivity contribution in [2.45, 2.75) is 163 Å². The van der Waals surface area contributed by atoms with Crippen LogP contribution in [0.2, 0.25) is 0 Å². The summed E-state index contributed by atoms with van der Waals surface area (Å²) >= 11 is 0. The number of hydrogen-bond acceptors (Lipinski definition) is 2. The monoisotopic (exact) mass is 1640 g/mol. The summed E-state index contributed by atoms with van der Waals surface area (Å²) < 4.78 is 84.1. The molecule has 0 saturated heterocycles. The molecule has 5 heteroatoms.